The van der Waals surface area contributed by atoms with Crippen LogP contribution >= 0.6 is 0 Å². The molecule has 0 spiro atoms. The summed E-state index contributed by atoms with van der Waals surface area (Å²) < 4.78 is 8.03. The molecule has 1 atom stereocenters. The third kappa shape index (κ3) is 4.77. The Labute approximate surface area is 199 Å². The molecular weight excluding hydrogens is 430 g/mol. The molecule has 8 nitrogen and oxygen atoms in total. The third-order valence-electron chi connectivity index (χ3n) is 6.67. The quantitative estimate of drug-likeness (QED) is 0.585. The first kappa shape index (κ1) is 22.4. The van der Waals surface area contributed by atoms with Gasteiger partial charge in [0, 0.05) is 44.6 Å². The van der Waals surface area contributed by atoms with E-state index in [1.54, 1.807) is 0 Å². The predicted molar refractivity (Wildman–Crippen MR) is 129 cm³/mol. The lowest BCUT2D eigenvalue weighted by Crippen LogP contribution is -2.55. The predicted octanol–water partition coefficient (Wildman–Crippen LogP) is 2.65. The number of aromatic nitrogens is 2. The van der Waals surface area contributed by atoms with E-state index >= 15 is 0 Å². The summed E-state index contributed by atoms with van der Waals surface area (Å²) in [6.45, 7) is 6.77. The number of nitrogens with one attached hydrogen (secondary N) is 1. The first-order valence-electron chi connectivity index (χ1n) is 12.0. The van der Waals surface area contributed by atoms with Gasteiger partial charge < -0.3 is 19.4 Å². The molecule has 1 saturated heterocycles. The Morgan fingerprint density at radius 1 is 1.12 bits per heavy atom. The molecule has 5 rings (SSSR count). The molecule has 1 aliphatic carbocycles. The molecule has 0 bridgehead atoms. The first-order chi connectivity index (χ1) is 16.5. The molecule has 2 aromatic heterocycles. The number of carbonyl (C=O) groups excluding carboxylic acids is 2. The standard InChI is InChI=1S/C26H31N5O3/c1-18-6-5-11-31-16-21(27-24(18)31)17-34-23-8-4-3-7-22(23)26(33)30-14-12-29(13-15-30)19(2)25(32)28-20-9-10-20/h3-8,11,16,19-20H,9-10,12-15,17H2,1-2H3,(H,28,32). The number of carbonyl (C=O) groups is 2. The number of ether oxygens (including phenoxy) is 1. The zero-order chi connectivity index (χ0) is 23.7. The molecule has 1 unspecified atom stereocenters. The number of fused-ring (bicyclic) bond motifs is 1. The smallest absolute Gasteiger partial charge is 0.257 e. The number of hydrogen-bond acceptors (Lipinski definition) is 5. The van der Waals surface area contributed by atoms with Crippen molar-refractivity contribution < 1.29 is 14.3 Å². The average Bonchev–Trinajstić information content (AvgIpc) is 3.57. The van der Waals surface area contributed by atoms with Crippen molar-refractivity contribution in [3.05, 3.63) is 65.6 Å². The van der Waals surface area contributed by atoms with Crippen LogP contribution in [0.2, 0.25) is 0 Å². The fraction of sp³-hybridized carbons (Fsp3) is 0.423. The number of benzene rings is 1. The second-order valence-electron chi connectivity index (χ2n) is 9.23. The Hall–Kier alpha value is -3.39. The highest BCUT2D eigenvalue weighted by atomic mass is 16.5. The van der Waals surface area contributed by atoms with Gasteiger partial charge in [-0.1, -0.05) is 18.2 Å². The second-order valence-corrected chi connectivity index (χ2v) is 9.23. The fourth-order valence-corrected chi connectivity index (χ4v) is 4.39. The van der Waals surface area contributed by atoms with E-state index in [-0.39, 0.29) is 24.5 Å². The lowest BCUT2D eigenvalue weighted by molar-refractivity contribution is -0.126. The Morgan fingerprint density at radius 2 is 1.88 bits per heavy atom. The molecule has 2 aliphatic rings. The van der Waals surface area contributed by atoms with Gasteiger partial charge in [0.2, 0.25) is 5.91 Å². The molecule has 2 amide bonds. The van der Waals surface area contributed by atoms with Crippen molar-refractivity contribution in [2.24, 2.45) is 0 Å². The lowest BCUT2D eigenvalue weighted by Gasteiger charge is -2.37. The maximum atomic E-state index is 13.3. The Kier molecular flexibility index (Phi) is 6.24. The number of nitrogens with zero attached hydrogens (tertiary/aromatic N) is 4. The van der Waals surface area contributed by atoms with Crippen LogP contribution in [0.5, 0.6) is 5.75 Å². The van der Waals surface area contributed by atoms with Gasteiger partial charge in [-0.2, -0.15) is 0 Å². The largest absolute Gasteiger partial charge is 0.486 e. The minimum atomic E-state index is -0.178. The van der Waals surface area contributed by atoms with Crippen molar-refractivity contribution >= 4 is 17.5 Å². The van der Waals surface area contributed by atoms with Gasteiger partial charge in [-0.15, -0.1) is 0 Å². The van der Waals surface area contributed by atoms with Crippen LogP contribution in [0.4, 0.5) is 0 Å². The molecule has 2 fully saturated rings. The number of para-hydroxylation sites is 1. The summed E-state index contributed by atoms with van der Waals surface area (Å²) in [6.07, 6.45) is 6.08. The number of hydrogen-bond donors (Lipinski definition) is 1. The normalized spacial score (nSPS) is 17.5. The number of imidazole rings is 1. The number of rotatable bonds is 7. The van der Waals surface area contributed by atoms with Gasteiger partial charge >= 0.3 is 0 Å². The topological polar surface area (TPSA) is 79.2 Å². The molecule has 1 N–H and O–H groups in total. The molecule has 3 heterocycles. The lowest BCUT2D eigenvalue weighted by atomic mass is 10.1. The van der Waals surface area contributed by atoms with Crippen molar-refractivity contribution in [2.75, 3.05) is 26.2 Å². The van der Waals surface area contributed by atoms with Crippen molar-refractivity contribution in [2.45, 2.75) is 45.4 Å². The van der Waals surface area contributed by atoms with E-state index in [4.69, 9.17) is 4.74 Å². The van der Waals surface area contributed by atoms with Crippen LogP contribution in [-0.4, -0.2) is 69.3 Å². The van der Waals surface area contributed by atoms with Gasteiger partial charge in [0.15, 0.2) is 0 Å². The monoisotopic (exact) mass is 461 g/mol. The molecule has 34 heavy (non-hydrogen) atoms. The first-order valence-corrected chi connectivity index (χ1v) is 12.0. The van der Waals surface area contributed by atoms with Crippen LogP contribution in [0.15, 0.2) is 48.8 Å². The zero-order valence-electron chi connectivity index (χ0n) is 19.7. The number of aryl methyl sites for hydroxylation is 1. The van der Waals surface area contributed by atoms with Crippen LogP contribution in [0.3, 0.4) is 0 Å². The van der Waals surface area contributed by atoms with Crippen LogP contribution in [-0.2, 0) is 11.4 Å². The minimum Gasteiger partial charge on any atom is -0.486 e. The molecule has 1 aromatic carbocycles. The number of pyridine rings is 1. The summed E-state index contributed by atoms with van der Waals surface area (Å²) in [5.41, 5.74) is 3.37. The zero-order valence-corrected chi connectivity index (χ0v) is 19.7. The van der Waals surface area contributed by atoms with Crippen molar-refractivity contribution in [3.63, 3.8) is 0 Å². The van der Waals surface area contributed by atoms with Crippen molar-refractivity contribution in [3.8, 4) is 5.75 Å². The Bertz CT molecular complexity index is 1190. The Balaban J connectivity index is 1.21. The molecule has 0 radical (unpaired) electrons. The summed E-state index contributed by atoms with van der Waals surface area (Å²) in [5, 5.41) is 3.07. The summed E-state index contributed by atoms with van der Waals surface area (Å²) in [6, 6.07) is 11.6. The van der Waals surface area contributed by atoms with E-state index in [1.807, 2.05) is 71.9 Å². The maximum absolute atomic E-state index is 13.3. The van der Waals surface area contributed by atoms with Gasteiger partial charge in [0.25, 0.3) is 5.91 Å². The second kappa shape index (κ2) is 9.46. The van der Waals surface area contributed by atoms with Crippen LogP contribution < -0.4 is 10.1 Å². The van der Waals surface area contributed by atoms with Crippen LogP contribution in [0.25, 0.3) is 5.65 Å². The third-order valence-corrected chi connectivity index (χ3v) is 6.67. The van der Waals surface area contributed by atoms with E-state index < -0.39 is 0 Å². The highest BCUT2D eigenvalue weighted by molar-refractivity contribution is 5.97. The van der Waals surface area contributed by atoms with E-state index in [0.29, 0.717) is 43.5 Å². The highest BCUT2D eigenvalue weighted by Crippen LogP contribution is 2.23. The minimum absolute atomic E-state index is 0.0452. The molecule has 1 aliphatic heterocycles. The van der Waals surface area contributed by atoms with Gasteiger partial charge in [-0.25, -0.2) is 4.98 Å². The molecular formula is C26H31N5O3. The van der Waals surface area contributed by atoms with Crippen LogP contribution in [0.1, 0.15) is 41.4 Å². The number of piperazine rings is 1. The number of amides is 2. The molecule has 178 valence electrons. The van der Waals surface area contributed by atoms with Gasteiger partial charge in [-0.05, 0) is 50.5 Å². The molecule has 1 saturated carbocycles. The van der Waals surface area contributed by atoms with Crippen molar-refractivity contribution in [1.82, 2.24) is 24.5 Å². The van der Waals surface area contributed by atoms with Gasteiger partial charge in [-0.3, -0.25) is 14.5 Å². The van der Waals surface area contributed by atoms with E-state index in [9.17, 15) is 9.59 Å². The molecule has 3 aromatic rings. The molecule has 8 heteroatoms. The van der Waals surface area contributed by atoms with Gasteiger partial charge in [0.1, 0.15) is 18.0 Å². The Morgan fingerprint density at radius 3 is 2.62 bits per heavy atom. The average molecular weight is 462 g/mol. The summed E-state index contributed by atoms with van der Waals surface area (Å²) in [4.78, 5) is 34.3. The summed E-state index contributed by atoms with van der Waals surface area (Å²) in [5.74, 6) is 0.597. The van der Waals surface area contributed by atoms with E-state index in [1.165, 1.54) is 0 Å². The highest BCUT2D eigenvalue weighted by Gasteiger charge is 2.31. The SMILES string of the molecule is Cc1cccn2cc(COc3ccccc3C(=O)N3CCN(C(C)C(=O)NC4CC4)CC3)nc12. The van der Waals surface area contributed by atoms with Gasteiger partial charge in [0.05, 0.1) is 17.3 Å². The van der Waals surface area contributed by atoms with Crippen LogP contribution in [0, 0.1) is 6.92 Å². The maximum Gasteiger partial charge on any atom is 0.257 e. The summed E-state index contributed by atoms with van der Waals surface area (Å²) in [7, 11) is 0. The fourth-order valence-electron chi connectivity index (χ4n) is 4.39. The van der Waals surface area contributed by atoms with E-state index in [0.717, 1.165) is 29.7 Å². The van der Waals surface area contributed by atoms with E-state index in [2.05, 4.69) is 15.2 Å². The van der Waals surface area contributed by atoms with Crippen molar-refractivity contribution in [1.29, 1.82) is 0 Å². The summed E-state index contributed by atoms with van der Waals surface area (Å²) >= 11 is 0.